The first-order chi connectivity index (χ1) is 26.7. The maximum atomic E-state index is 9.93. The fourth-order valence-electron chi connectivity index (χ4n) is 5.81. The molecule has 0 aliphatic heterocycles. The quantitative estimate of drug-likeness (QED) is 0.0509. The van der Waals surface area contributed by atoms with E-state index in [-0.39, 0.29) is 72.1 Å². The van der Waals surface area contributed by atoms with E-state index in [1.807, 2.05) is 0 Å². The number of aliphatic hydroxyl groups excluding tert-OH is 8. The van der Waals surface area contributed by atoms with Gasteiger partial charge in [-0.3, -0.25) is 4.90 Å². The molecule has 8 N–H and O–H groups in total. The van der Waals surface area contributed by atoms with Gasteiger partial charge in [-0.05, 0) is 86.1 Å². The van der Waals surface area contributed by atoms with Crippen molar-refractivity contribution in [2.24, 2.45) is 0 Å². The Bertz CT molecular complexity index is 1220. The molecule has 0 amide bonds. The molecule has 0 fully saturated rings. The van der Waals surface area contributed by atoms with Crippen molar-refractivity contribution in [1.29, 1.82) is 0 Å². The normalized spacial score (nSPS) is 15.8. The number of benzene rings is 2. The highest BCUT2D eigenvalue weighted by atomic mass is 16.6. The Morgan fingerprint density at radius 2 is 0.714 bits per heavy atom. The van der Waals surface area contributed by atoms with Gasteiger partial charge in [0.1, 0.15) is 36.6 Å². The Labute approximate surface area is 332 Å². The molecule has 2 rings (SSSR count). The SMILES string of the molecule is Cc1cc(CN(Cc2cc(C)c(C)c(C)c2)C(COCC(COCC(O)CO)OCC(O)CO)COCC(COCC(O)CO)OCC(O)CO)cc(C)c1C. The van der Waals surface area contributed by atoms with E-state index in [0.717, 1.165) is 11.1 Å². The molecule has 15 nitrogen and oxygen atoms in total. The monoisotopic (exact) mass is 799 g/mol. The van der Waals surface area contributed by atoms with Gasteiger partial charge in [0.25, 0.3) is 0 Å². The largest absolute Gasteiger partial charge is 0.394 e. The van der Waals surface area contributed by atoms with Crippen LogP contribution < -0.4 is 0 Å². The van der Waals surface area contributed by atoms with Crippen molar-refractivity contribution in [3.8, 4) is 0 Å². The minimum atomic E-state index is -1.11. The summed E-state index contributed by atoms with van der Waals surface area (Å²) in [6.07, 6.45) is -5.70. The first-order valence-electron chi connectivity index (χ1n) is 19.3. The topological polar surface area (TPSA) is 220 Å². The number of hydrogen-bond donors (Lipinski definition) is 8. The molecule has 0 bridgehead atoms. The van der Waals surface area contributed by atoms with Crippen LogP contribution in [0.4, 0.5) is 0 Å². The summed E-state index contributed by atoms with van der Waals surface area (Å²) in [7, 11) is 0. The third kappa shape index (κ3) is 19.1. The molecule has 0 aliphatic carbocycles. The van der Waals surface area contributed by atoms with Crippen molar-refractivity contribution in [2.75, 3.05) is 92.5 Å². The molecule has 0 aromatic heterocycles. The van der Waals surface area contributed by atoms with Gasteiger partial charge in [-0.1, -0.05) is 24.3 Å². The fourth-order valence-corrected chi connectivity index (χ4v) is 5.81. The van der Waals surface area contributed by atoms with Crippen molar-refractivity contribution >= 4 is 0 Å². The molecule has 15 heteroatoms. The number of aliphatic hydroxyl groups is 8. The van der Waals surface area contributed by atoms with E-state index in [9.17, 15) is 40.9 Å². The van der Waals surface area contributed by atoms with Crippen molar-refractivity contribution in [3.05, 3.63) is 68.8 Å². The number of hydrogen-bond acceptors (Lipinski definition) is 15. The molecule has 0 saturated heterocycles. The highest BCUT2D eigenvalue weighted by molar-refractivity contribution is 5.38. The molecule has 2 aromatic carbocycles. The number of nitrogens with zero attached hydrogens (tertiary/aromatic N) is 1. The minimum absolute atomic E-state index is 0.00633. The molecule has 56 heavy (non-hydrogen) atoms. The van der Waals surface area contributed by atoms with Crippen LogP contribution in [0.15, 0.2) is 24.3 Å². The van der Waals surface area contributed by atoms with Crippen LogP contribution in [-0.2, 0) is 41.5 Å². The summed E-state index contributed by atoms with van der Waals surface area (Å²) in [5.41, 5.74) is 9.40. The third-order valence-corrected chi connectivity index (χ3v) is 9.61. The first kappa shape index (κ1) is 50.0. The van der Waals surface area contributed by atoms with Crippen LogP contribution in [0.3, 0.4) is 0 Å². The molecule has 0 heterocycles. The van der Waals surface area contributed by atoms with E-state index in [1.54, 1.807) is 0 Å². The van der Waals surface area contributed by atoms with Gasteiger partial charge in [-0.25, -0.2) is 0 Å². The maximum Gasteiger partial charge on any atom is 0.104 e. The number of aryl methyl sites for hydroxylation is 4. The number of rotatable bonds is 31. The molecule has 0 radical (unpaired) electrons. The van der Waals surface area contributed by atoms with Gasteiger partial charge in [0.2, 0.25) is 0 Å². The van der Waals surface area contributed by atoms with Crippen LogP contribution in [-0.4, -0.2) is 181 Å². The summed E-state index contributed by atoms with van der Waals surface area (Å²) in [5.74, 6) is 0. The van der Waals surface area contributed by atoms with Crippen molar-refractivity contribution in [1.82, 2.24) is 4.90 Å². The van der Waals surface area contributed by atoms with E-state index < -0.39 is 63.1 Å². The van der Waals surface area contributed by atoms with Gasteiger partial charge in [0, 0.05) is 13.1 Å². The van der Waals surface area contributed by atoms with E-state index in [2.05, 4.69) is 70.7 Å². The van der Waals surface area contributed by atoms with Crippen molar-refractivity contribution in [3.63, 3.8) is 0 Å². The van der Waals surface area contributed by atoms with Crippen molar-refractivity contribution < 1.29 is 69.3 Å². The highest BCUT2D eigenvalue weighted by Gasteiger charge is 2.24. The van der Waals surface area contributed by atoms with Gasteiger partial charge in [-0.2, -0.15) is 0 Å². The zero-order valence-electron chi connectivity index (χ0n) is 34.1. The Hall–Kier alpha value is -2.16. The van der Waals surface area contributed by atoms with E-state index in [1.165, 1.54) is 33.4 Å². The molecule has 0 spiro atoms. The third-order valence-electron chi connectivity index (χ3n) is 9.61. The second-order valence-corrected chi connectivity index (χ2v) is 14.7. The smallest absolute Gasteiger partial charge is 0.104 e. The average molecular weight is 800 g/mol. The molecule has 2 aromatic rings. The van der Waals surface area contributed by atoms with Gasteiger partial charge < -0.3 is 69.3 Å². The predicted molar refractivity (Wildman–Crippen MR) is 209 cm³/mol. The Balaban J connectivity index is 2.42. The Morgan fingerprint density at radius 1 is 0.429 bits per heavy atom. The van der Waals surface area contributed by atoms with Crippen LogP contribution in [0.5, 0.6) is 0 Å². The molecule has 6 unspecified atom stereocenters. The van der Waals surface area contributed by atoms with Crippen LogP contribution in [0.1, 0.15) is 44.5 Å². The summed E-state index contributed by atoms with van der Waals surface area (Å²) in [6.45, 7) is 11.6. The van der Waals surface area contributed by atoms with E-state index >= 15 is 0 Å². The van der Waals surface area contributed by atoms with Crippen LogP contribution in [0.2, 0.25) is 0 Å². The molecular formula is C41H69NO14. The highest BCUT2D eigenvalue weighted by Crippen LogP contribution is 2.22. The molecule has 0 aliphatic rings. The minimum Gasteiger partial charge on any atom is -0.394 e. The summed E-state index contributed by atoms with van der Waals surface area (Å²) < 4.78 is 35.3. The zero-order valence-corrected chi connectivity index (χ0v) is 34.1. The van der Waals surface area contributed by atoms with Gasteiger partial charge in [0.05, 0.1) is 98.5 Å². The second-order valence-electron chi connectivity index (χ2n) is 14.7. The molecule has 0 saturated carbocycles. The van der Waals surface area contributed by atoms with Gasteiger partial charge in [0.15, 0.2) is 0 Å². The summed E-state index contributed by atoms with van der Waals surface area (Å²) in [4.78, 5) is 2.28. The molecule has 6 atom stereocenters. The Morgan fingerprint density at radius 3 is 1.02 bits per heavy atom. The Kier molecular flexibility index (Phi) is 24.6. The average Bonchev–Trinajstić information content (AvgIpc) is 3.17. The van der Waals surface area contributed by atoms with Crippen molar-refractivity contribution in [2.45, 2.75) is 97.3 Å². The van der Waals surface area contributed by atoms with Gasteiger partial charge in [-0.15, -0.1) is 0 Å². The van der Waals surface area contributed by atoms with Crippen LogP contribution in [0.25, 0.3) is 0 Å². The van der Waals surface area contributed by atoms with Gasteiger partial charge >= 0.3 is 0 Å². The predicted octanol–water partition coefficient (Wildman–Crippen LogP) is 0.158. The number of ether oxygens (including phenoxy) is 6. The summed E-state index contributed by atoms with van der Waals surface area (Å²) in [6, 6.07) is 8.39. The van der Waals surface area contributed by atoms with Crippen LogP contribution in [0, 0.1) is 41.5 Å². The van der Waals surface area contributed by atoms with E-state index in [4.69, 9.17) is 28.4 Å². The van der Waals surface area contributed by atoms with E-state index in [0.29, 0.717) is 13.1 Å². The van der Waals surface area contributed by atoms with Crippen LogP contribution >= 0.6 is 0 Å². The summed E-state index contributed by atoms with van der Waals surface area (Å²) in [5, 5.41) is 76.4. The molecular weight excluding hydrogens is 730 g/mol. The maximum absolute atomic E-state index is 9.93. The lowest BCUT2D eigenvalue weighted by atomic mass is 9.98. The summed E-state index contributed by atoms with van der Waals surface area (Å²) >= 11 is 0. The lowest BCUT2D eigenvalue weighted by Crippen LogP contribution is -2.43. The lowest BCUT2D eigenvalue weighted by molar-refractivity contribution is -0.113. The molecule has 322 valence electrons. The lowest BCUT2D eigenvalue weighted by Gasteiger charge is -2.33. The second kappa shape index (κ2) is 27.5. The fraction of sp³-hybridized carbons (Fsp3) is 0.707. The first-order valence-corrected chi connectivity index (χ1v) is 19.3. The standard InChI is InChI=1S/C41H69NO14/c1-27-7-33(8-28(2)31(27)5)11-42(12-34-9-29(3)32(6)30(4)10-34)35(17-51-23-40(55-21-38(49)15-45)25-53-19-36(47)13-43)18-52-24-41(56-22-39(50)16-46)26-54-20-37(48)14-44/h7-10,35-41,43-50H,11-26H2,1-6H3. The zero-order chi connectivity index (χ0) is 41.6.